The maximum Gasteiger partial charge on any atom is 0.226 e. The number of ether oxygens (including phenoxy) is 1. The van der Waals surface area contributed by atoms with E-state index in [0.29, 0.717) is 30.2 Å². The molecule has 0 N–H and O–H groups in total. The number of likely N-dealkylation sites (tertiary alicyclic amines) is 1. The van der Waals surface area contributed by atoms with E-state index < -0.39 is 0 Å². The maximum atomic E-state index is 12.7. The molecule has 1 aromatic carbocycles. The molecule has 1 saturated heterocycles. The van der Waals surface area contributed by atoms with Gasteiger partial charge in [-0.05, 0) is 49.9 Å². The van der Waals surface area contributed by atoms with Gasteiger partial charge in [0.25, 0.3) is 0 Å². The lowest BCUT2D eigenvalue weighted by molar-refractivity contribution is -0.134. The number of piperidine rings is 1. The molecule has 4 heteroatoms. The first kappa shape index (κ1) is 12.5. The quantitative estimate of drug-likeness (QED) is 0.764. The zero-order chi connectivity index (χ0) is 13.2. The highest BCUT2D eigenvalue weighted by Crippen LogP contribution is 2.38. The molecule has 1 aliphatic carbocycles. The Morgan fingerprint density at radius 3 is 2.74 bits per heavy atom. The number of benzene rings is 1. The summed E-state index contributed by atoms with van der Waals surface area (Å²) < 4.78 is 18.2. The lowest BCUT2D eigenvalue weighted by Gasteiger charge is -2.27. The Kier molecular flexibility index (Phi) is 3.40. The fraction of sp³-hybridized carbons (Fsp3) is 0.533. The van der Waals surface area contributed by atoms with Crippen LogP contribution in [-0.2, 0) is 4.79 Å². The predicted molar refractivity (Wildman–Crippen MR) is 69.4 cm³/mol. The van der Waals surface area contributed by atoms with E-state index in [9.17, 15) is 9.18 Å². The zero-order valence-electron chi connectivity index (χ0n) is 10.8. The first-order valence-corrected chi connectivity index (χ1v) is 6.93. The van der Waals surface area contributed by atoms with Crippen LogP contribution >= 0.6 is 0 Å². The number of carbonyl (C=O) groups excluding carboxylic acids is 1. The predicted octanol–water partition coefficient (Wildman–Crippen LogP) is 2.61. The summed E-state index contributed by atoms with van der Waals surface area (Å²) >= 11 is 0. The molecule has 1 aromatic rings. The third kappa shape index (κ3) is 2.57. The Hall–Kier alpha value is -1.58. The first-order valence-electron chi connectivity index (χ1n) is 6.93. The summed E-state index contributed by atoms with van der Waals surface area (Å²) in [6.45, 7) is 1.34. The normalized spacial score (nSPS) is 25.1. The Morgan fingerprint density at radius 2 is 2.05 bits per heavy atom. The van der Waals surface area contributed by atoms with Crippen molar-refractivity contribution in [2.75, 3.05) is 13.2 Å². The van der Waals surface area contributed by atoms with Crippen molar-refractivity contribution >= 4 is 5.91 Å². The minimum absolute atomic E-state index is 0.258. The number of nitrogens with zero attached hydrogens (tertiary/aromatic N) is 1. The molecular formula is C15H18FNO2. The second-order valence-corrected chi connectivity index (χ2v) is 5.35. The van der Waals surface area contributed by atoms with Crippen LogP contribution in [0.2, 0.25) is 0 Å². The zero-order valence-corrected chi connectivity index (χ0v) is 10.8. The van der Waals surface area contributed by atoms with Crippen LogP contribution in [0, 0.1) is 11.7 Å². The van der Waals surface area contributed by atoms with E-state index in [2.05, 4.69) is 0 Å². The lowest BCUT2D eigenvalue weighted by atomic mass is 10.1. The minimum Gasteiger partial charge on any atom is -0.494 e. The standard InChI is InChI=1S/C15H18FNO2/c16-12-3-6-14(7-4-12)19-9-1-8-17-13-5-2-11(10-13)15(17)18/h3-4,6-7,11,13H,1-2,5,8-10H2/t11-,13+/m1/s1. The highest BCUT2D eigenvalue weighted by Gasteiger charge is 2.43. The largest absolute Gasteiger partial charge is 0.494 e. The molecule has 0 aromatic heterocycles. The van der Waals surface area contributed by atoms with Crippen molar-refractivity contribution in [3.05, 3.63) is 30.1 Å². The molecule has 3 rings (SSSR count). The average molecular weight is 263 g/mol. The monoisotopic (exact) mass is 263 g/mol. The molecule has 3 nitrogen and oxygen atoms in total. The van der Waals surface area contributed by atoms with Crippen molar-refractivity contribution in [1.82, 2.24) is 4.90 Å². The van der Waals surface area contributed by atoms with Crippen LogP contribution in [0.25, 0.3) is 0 Å². The number of fused-ring (bicyclic) bond motifs is 2. The van der Waals surface area contributed by atoms with E-state index in [1.54, 1.807) is 12.1 Å². The van der Waals surface area contributed by atoms with E-state index in [1.807, 2.05) is 4.90 Å². The van der Waals surface area contributed by atoms with E-state index >= 15 is 0 Å². The van der Waals surface area contributed by atoms with Crippen LogP contribution in [0.4, 0.5) is 4.39 Å². The van der Waals surface area contributed by atoms with Gasteiger partial charge in [0.2, 0.25) is 5.91 Å². The van der Waals surface area contributed by atoms with Gasteiger partial charge in [-0.2, -0.15) is 0 Å². The lowest BCUT2D eigenvalue weighted by Crippen LogP contribution is -2.38. The summed E-state index contributed by atoms with van der Waals surface area (Å²) in [5.41, 5.74) is 0. The molecule has 2 aliphatic rings. The van der Waals surface area contributed by atoms with E-state index in [4.69, 9.17) is 4.74 Å². The van der Waals surface area contributed by atoms with Crippen LogP contribution < -0.4 is 4.74 Å². The summed E-state index contributed by atoms with van der Waals surface area (Å²) in [4.78, 5) is 13.9. The van der Waals surface area contributed by atoms with Crippen molar-refractivity contribution in [2.45, 2.75) is 31.7 Å². The Balaban J connectivity index is 1.42. The van der Waals surface area contributed by atoms with Crippen LogP contribution in [0.15, 0.2) is 24.3 Å². The maximum absolute atomic E-state index is 12.7. The highest BCUT2D eigenvalue weighted by molar-refractivity contribution is 5.82. The van der Waals surface area contributed by atoms with Crippen LogP contribution in [0.1, 0.15) is 25.7 Å². The van der Waals surface area contributed by atoms with Gasteiger partial charge in [0.05, 0.1) is 6.61 Å². The van der Waals surface area contributed by atoms with Crippen molar-refractivity contribution in [2.24, 2.45) is 5.92 Å². The molecule has 1 heterocycles. The van der Waals surface area contributed by atoms with Gasteiger partial charge >= 0.3 is 0 Å². The third-order valence-electron chi connectivity index (χ3n) is 4.10. The van der Waals surface area contributed by atoms with Gasteiger partial charge in [-0.15, -0.1) is 0 Å². The highest BCUT2D eigenvalue weighted by atomic mass is 19.1. The number of rotatable bonds is 5. The van der Waals surface area contributed by atoms with Crippen LogP contribution in [0.3, 0.4) is 0 Å². The molecule has 2 atom stereocenters. The molecule has 2 bridgehead atoms. The summed E-state index contributed by atoms with van der Waals surface area (Å²) in [5, 5.41) is 0. The molecule has 0 unspecified atom stereocenters. The van der Waals surface area contributed by atoms with Gasteiger partial charge in [0, 0.05) is 18.5 Å². The summed E-state index contributed by atoms with van der Waals surface area (Å²) in [6, 6.07) is 6.50. The molecule has 0 radical (unpaired) electrons. The average Bonchev–Trinajstić information content (AvgIpc) is 2.99. The van der Waals surface area contributed by atoms with Gasteiger partial charge in [-0.25, -0.2) is 4.39 Å². The summed E-state index contributed by atoms with van der Waals surface area (Å²) in [7, 11) is 0. The van der Waals surface area contributed by atoms with Crippen molar-refractivity contribution in [3.63, 3.8) is 0 Å². The molecule has 1 saturated carbocycles. The van der Waals surface area contributed by atoms with Crippen molar-refractivity contribution in [1.29, 1.82) is 0 Å². The van der Waals surface area contributed by atoms with Crippen LogP contribution in [0.5, 0.6) is 5.75 Å². The molecular weight excluding hydrogens is 245 g/mol. The van der Waals surface area contributed by atoms with E-state index in [1.165, 1.54) is 12.1 Å². The van der Waals surface area contributed by atoms with Gasteiger partial charge < -0.3 is 9.64 Å². The smallest absolute Gasteiger partial charge is 0.226 e. The molecule has 102 valence electrons. The first-order chi connectivity index (χ1) is 9.24. The van der Waals surface area contributed by atoms with Crippen molar-refractivity contribution in [3.8, 4) is 5.75 Å². The third-order valence-corrected chi connectivity index (χ3v) is 4.10. The van der Waals surface area contributed by atoms with Crippen molar-refractivity contribution < 1.29 is 13.9 Å². The molecule has 19 heavy (non-hydrogen) atoms. The Bertz CT molecular complexity index is 460. The van der Waals surface area contributed by atoms with E-state index in [0.717, 1.165) is 32.2 Å². The topological polar surface area (TPSA) is 29.5 Å². The van der Waals surface area contributed by atoms with Gasteiger partial charge in [0.1, 0.15) is 11.6 Å². The summed E-state index contributed by atoms with van der Waals surface area (Å²) in [6.07, 6.45) is 4.12. The number of amides is 1. The molecule has 2 fully saturated rings. The van der Waals surface area contributed by atoms with Gasteiger partial charge in [-0.1, -0.05) is 0 Å². The van der Waals surface area contributed by atoms with Gasteiger partial charge in [0.15, 0.2) is 0 Å². The Morgan fingerprint density at radius 1 is 1.26 bits per heavy atom. The molecule has 1 aliphatic heterocycles. The molecule has 1 amide bonds. The molecule has 0 spiro atoms. The second kappa shape index (κ2) is 5.19. The fourth-order valence-electron chi connectivity index (χ4n) is 3.13. The SMILES string of the molecule is O=C1[C@@H]2CC[C@@H](C2)N1CCCOc1ccc(F)cc1. The van der Waals surface area contributed by atoms with Crippen LogP contribution in [-0.4, -0.2) is 30.0 Å². The summed E-state index contributed by atoms with van der Waals surface area (Å²) in [5.74, 6) is 1.04. The van der Waals surface area contributed by atoms with Gasteiger partial charge in [-0.3, -0.25) is 4.79 Å². The number of carbonyl (C=O) groups is 1. The fourth-order valence-corrected chi connectivity index (χ4v) is 3.13. The number of halogens is 1. The second-order valence-electron chi connectivity index (χ2n) is 5.35. The number of hydrogen-bond donors (Lipinski definition) is 0. The number of hydrogen-bond acceptors (Lipinski definition) is 2. The van der Waals surface area contributed by atoms with E-state index in [-0.39, 0.29) is 5.82 Å². The minimum atomic E-state index is -0.258. The Labute approximate surface area is 112 Å².